The summed E-state index contributed by atoms with van der Waals surface area (Å²) in [5.41, 5.74) is -0.502. The summed E-state index contributed by atoms with van der Waals surface area (Å²) in [7, 11) is 2.19. The molecule has 0 aliphatic carbocycles. The topological polar surface area (TPSA) is 35.5 Å². The van der Waals surface area contributed by atoms with E-state index in [0.29, 0.717) is 6.04 Å². The minimum Gasteiger partial charge on any atom is -0.389 e. The average molecular weight is 228 g/mol. The van der Waals surface area contributed by atoms with Crippen LogP contribution in [0.2, 0.25) is 0 Å². The van der Waals surface area contributed by atoms with Gasteiger partial charge in [-0.05, 0) is 52.2 Å². The highest BCUT2D eigenvalue weighted by molar-refractivity contribution is 4.81. The van der Waals surface area contributed by atoms with E-state index in [1.807, 2.05) is 0 Å². The molecule has 1 aliphatic rings. The van der Waals surface area contributed by atoms with Crippen molar-refractivity contribution in [1.82, 2.24) is 10.2 Å². The van der Waals surface area contributed by atoms with Crippen LogP contribution in [0.15, 0.2) is 0 Å². The van der Waals surface area contributed by atoms with Gasteiger partial charge in [0.1, 0.15) is 0 Å². The van der Waals surface area contributed by atoms with Crippen molar-refractivity contribution in [3.63, 3.8) is 0 Å². The second-order valence-electron chi connectivity index (χ2n) is 5.24. The fourth-order valence-electron chi connectivity index (χ4n) is 2.28. The number of nitrogens with one attached hydrogen (secondary N) is 1. The fraction of sp³-hybridized carbons (Fsp3) is 1.00. The lowest BCUT2D eigenvalue weighted by molar-refractivity contribution is 0.0294. The molecule has 1 fully saturated rings. The summed E-state index contributed by atoms with van der Waals surface area (Å²) in [5, 5.41) is 13.8. The van der Waals surface area contributed by atoms with Crippen LogP contribution >= 0.6 is 0 Å². The maximum atomic E-state index is 10.2. The highest BCUT2D eigenvalue weighted by Gasteiger charge is 2.23. The molecule has 1 aliphatic heterocycles. The van der Waals surface area contributed by atoms with Crippen LogP contribution in [0.25, 0.3) is 0 Å². The Morgan fingerprint density at radius 2 is 1.94 bits per heavy atom. The zero-order chi connectivity index (χ0) is 12.0. The Labute approximate surface area is 100 Å². The number of hydrogen-bond donors (Lipinski definition) is 2. The monoisotopic (exact) mass is 228 g/mol. The number of nitrogens with zero attached hydrogens (tertiary/aromatic N) is 1. The van der Waals surface area contributed by atoms with E-state index in [4.69, 9.17) is 0 Å². The summed E-state index contributed by atoms with van der Waals surface area (Å²) in [4.78, 5) is 2.40. The van der Waals surface area contributed by atoms with Gasteiger partial charge < -0.3 is 15.3 Å². The van der Waals surface area contributed by atoms with Gasteiger partial charge in [0.2, 0.25) is 0 Å². The third-order valence-electron chi connectivity index (χ3n) is 3.99. The van der Waals surface area contributed by atoms with Crippen LogP contribution in [0.1, 0.15) is 46.0 Å². The van der Waals surface area contributed by atoms with Crippen molar-refractivity contribution >= 4 is 0 Å². The van der Waals surface area contributed by atoms with Crippen LogP contribution in [0.3, 0.4) is 0 Å². The predicted octanol–water partition coefficient (Wildman–Crippen LogP) is 1.61. The second-order valence-corrected chi connectivity index (χ2v) is 5.24. The Morgan fingerprint density at radius 3 is 2.56 bits per heavy atom. The minimum absolute atomic E-state index is 0.502. The summed E-state index contributed by atoms with van der Waals surface area (Å²) < 4.78 is 0. The number of aliphatic hydroxyl groups is 1. The maximum Gasteiger partial charge on any atom is 0.0766 e. The van der Waals surface area contributed by atoms with Crippen molar-refractivity contribution in [1.29, 1.82) is 0 Å². The predicted molar refractivity (Wildman–Crippen MR) is 68.7 cm³/mol. The standard InChI is InChI=1S/C13H28N2O/c1-4-13(16,5-2)11-14-12-7-6-9-15(3)10-8-12/h12,14,16H,4-11H2,1-3H3. The summed E-state index contributed by atoms with van der Waals surface area (Å²) >= 11 is 0. The molecule has 0 amide bonds. The van der Waals surface area contributed by atoms with Crippen molar-refractivity contribution in [2.75, 3.05) is 26.7 Å². The van der Waals surface area contributed by atoms with Gasteiger partial charge in [-0.25, -0.2) is 0 Å². The lowest BCUT2D eigenvalue weighted by atomic mass is 9.96. The van der Waals surface area contributed by atoms with Gasteiger partial charge in [-0.1, -0.05) is 13.8 Å². The van der Waals surface area contributed by atoms with Gasteiger partial charge in [-0.15, -0.1) is 0 Å². The summed E-state index contributed by atoms with van der Waals surface area (Å²) in [6.45, 7) is 7.25. The lowest BCUT2D eigenvalue weighted by Crippen LogP contribution is -2.44. The number of rotatable bonds is 5. The van der Waals surface area contributed by atoms with Gasteiger partial charge in [0.05, 0.1) is 5.60 Å². The van der Waals surface area contributed by atoms with Crippen LogP contribution in [0.5, 0.6) is 0 Å². The smallest absolute Gasteiger partial charge is 0.0766 e. The molecule has 1 saturated heterocycles. The van der Waals surface area contributed by atoms with Crippen LogP contribution in [0, 0.1) is 0 Å². The van der Waals surface area contributed by atoms with E-state index in [0.717, 1.165) is 19.4 Å². The molecule has 0 saturated carbocycles. The molecule has 0 bridgehead atoms. The van der Waals surface area contributed by atoms with Crippen LogP contribution in [-0.2, 0) is 0 Å². The molecule has 2 N–H and O–H groups in total. The molecule has 3 heteroatoms. The highest BCUT2D eigenvalue weighted by atomic mass is 16.3. The SMILES string of the molecule is CCC(O)(CC)CNC1CCCN(C)CC1. The highest BCUT2D eigenvalue weighted by Crippen LogP contribution is 2.15. The molecule has 1 atom stereocenters. The molecule has 0 radical (unpaired) electrons. The lowest BCUT2D eigenvalue weighted by Gasteiger charge is -2.28. The average Bonchev–Trinajstić information content (AvgIpc) is 2.51. The molecule has 0 aromatic carbocycles. The minimum atomic E-state index is -0.502. The zero-order valence-corrected chi connectivity index (χ0v) is 11.1. The van der Waals surface area contributed by atoms with Gasteiger partial charge in [-0.3, -0.25) is 0 Å². The first-order chi connectivity index (χ1) is 7.59. The second kappa shape index (κ2) is 6.58. The first-order valence-electron chi connectivity index (χ1n) is 6.74. The van der Waals surface area contributed by atoms with E-state index in [-0.39, 0.29) is 0 Å². The van der Waals surface area contributed by atoms with Crippen molar-refractivity contribution in [3.05, 3.63) is 0 Å². The maximum absolute atomic E-state index is 10.2. The van der Waals surface area contributed by atoms with Gasteiger partial charge in [-0.2, -0.15) is 0 Å². The van der Waals surface area contributed by atoms with Crippen molar-refractivity contribution in [2.24, 2.45) is 0 Å². The third kappa shape index (κ3) is 4.40. The number of hydrogen-bond acceptors (Lipinski definition) is 3. The van der Waals surface area contributed by atoms with E-state index in [2.05, 4.69) is 31.1 Å². The Hall–Kier alpha value is -0.120. The van der Waals surface area contributed by atoms with Crippen molar-refractivity contribution < 1.29 is 5.11 Å². The summed E-state index contributed by atoms with van der Waals surface area (Å²) in [6, 6.07) is 0.592. The van der Waals surface area contributed by atoms with Gasteiger partial charge in [0.15, 0.2) is 0 Å². The largest absolute Gasteiger partial charge is 0.389 e. The van der Waals surface area contributed by atoms with Crippen LogP contribution in [0.4, 0.5) is 0 Å². The van der Waals surface area contributed by atoms with Gasteiger partial charge in [0.25, 0.3) is 0 Å². The van der Waals surface area contributed by atoms with Crippen LogP contribution in [-0.4, -0.2) is 48.3 Å². The summed E-state index contributed by atoms with van der Waals surface area (Å²) in [5.74, 6) is 0. The molecular weight excluding hydrogens is 200 g/mol. The summed E-state index contributed by atoms with van der Waals surface area (Å²) in [6.07, 6.45) is 5.39. The Kier molecular flexibility index (Phi) is 5.73. The Bertz CT molecular complexity index is 192. The van der Waals surface area contributed by atoms with E-state index in [1.54, 1.807) is 0 Å². The van der Waals surface area contributed by atoms with Crippen molar-refractivity contribution in [2.45, 2.75) is 57.6 Å². The third-order valence-corrected chi connectivity index (χ3v) is 3.99. The van der Waals surface area contributed by atoms with E-state index < -0.39 is 5.60 Å². The first-order valence-corrected chi connectivity index (χ1v) is 6.74. The zero-order valence-electron chi connectivity index (χ0n) is 11.1. The molecule has 16 heavy (non-hydrogen) atoms. The van der Waals surface area contributed by atoms with Crippen LogP contribution < -0.4 is 5.32 Å². The molecule has 1 rings (SSSR count). The van der Waals surface area contributed by atoms with Crippen molar-refractivity contribution in [3.8, 4) is 0 Å². The quantitative estimate of drug-likeness (QED) is 0.750. The molecule has 1 unspecified atom stereocenters. The molecule has 1 heterocycles. The molecule has 96 valence electrons. The fourth-order valence-corrected chi connectivity index (χ4v) is 2.28. The molecule has 0 aromatic heterocycles. The molecule has 0 aromatic rings. The Morgan fingerprint density at radius 1 is 1.25 bits per heavy atom. The van der Waals surface area contributed by atoms with E-state index >= 15 is 0 Å². The molecular formula is C13H28N2O. The molecule has 0 spiro atoms. The normalized spacial score (nSPS) is 24.4. The van der Waals surface area contributed by atoms with E-state index in [9.17, 15) is 5.11 Å². The number of likely N-dealkylation sites (tertiary alicyclic amines) is 1. The Balaban J connectivity index is 2.31. The van der Waals surface area contributed by atoms with Gasteiger partial charge in [0, 0.05) is 12.6 Å². The van der Waals surface area contributed by atoms with Gasteiger partial charge >= 0.3 is 0 Å². The van der Waals surface area contributed by atoms with E-state index in [1.165, 1.54) is 32.4 Å². The molecule has 3 nitrogen and oxygen atoms in total. The first kappa shape index (κ1) is 13.9.